The fraction of sp³-hybridized carbons (Fsp3) is 0.485. The monoisotopic (exact) mass is 753 g/mol. The van der Waals surface area contributed by atoms with E-state index in [1.54, 1.807) is 24.3 Å². The van der Waals surface area contributed by atoms with Gasteiger partial charge in [0, 0.05) is 54.6 Å². The van der Waals surface area contributed by atoms with Crippen LogP contribution in [-0.4, -0.2) is 71.3 Å². The maximum Gasteiger partial charge on any atom is 0.293 e. The van der Waals surface area contributed by atoms with Crippen molar-refractivity contribution in [3.8, 4) is 0 Å². The Labute approximate surface area is 307 Å². The smallest absolute Gasteiger partial charge is 0.293 e. The summed E-state index contributed by atoms with van der Waals surface area (Å²) in [6.45, 7) is 6.32. The van der Waals surface area contributed by atoms with E-state index in [2.05, 4.69) is 37.7 Å². The molecule has 4 amide bonds. The second kappa shape index (κ2) is 21.0. The van der Waals surface area contributed by atoms with Crippen LogP contribution in [0, 0.1) is 22.0 Å². The third kappa shape index (κ3) is 12.1. The normalized spacial score (nSPS) is 13.2. The van der Waals surface area contributed by atoms with Gasteiger partial charge in [-0.2, -0.15) is 0 Å². The quantitative estimate of drug-likeness (QED) is 0.0252. The molecule has 0 saturated carbocycles. The molecule has 4 atom stereocenters. The molecule has 0 aliphatic carbocycles. The van der Waals surface area contributed by atoms with Crippen molar-refractivity contribution in [1.82, 2.24) is 20.9 Å². The molecule has 1 unspecified atom stereocenters. The molecule has 0 spiro atoms. The number of nitrogens with zero attached hydrogens (tertiary/aromatic N) is 1. The van der Waals surface area contributed by atoms with Crippen LogP contribution >= 0.6 is 0 Å². The zero-order valence-electron chi connectivity index (χ0n) is 29.1. The number of nitrogens with two attached hydrogens (primary N) is 1. The number of nitro benzene ring substituents is 1. The van der Waals surface area contributed by atoms with E-state index in [9.17, 15) is 34.1 Å². The van der Waals surface area contributed by atoms with Gasteiger partial charge in [-0.1, -0.05) is 32.9 Å². The summed E-state index contributed by atoms with van der Waals surface area (Å²) < 4.78 is 0. The molecule has 0 aliphatic heterocycles. The molecule has 0 saturated heterocycles. The van der Waals surface area contributed by atoms with Gasteiger partial charge in [-0.05, 0) is 43.9 Å². The number of anilines is 1. The lowest BCUT2D eigenvalue weighted by Crippen LogP contribution is -3.00. The molecule has 18 heteroatoms. The number of aromatic nitrogens is 1. The van der Waals surface area contributed by atoms with Crippen LogP contribution in [0.4, 0.5) is 11.4 Å². The van der Waals surface area contributed by atoms with Crippen molar-refractivity contribution in [2.45, 2.75) is 71.0 Å². The van der Waals surface area contributed by atoms with Crippen LogP contribution in [0.2, 0.25) is 0 Å². The summed E-state index contributed by atoms with van der Waals surface area (Å²) >= 11 is 0. The Kier molecular flexibility index (Phi) is 18.3. The highest BCUT2D eigenvalue weighted by Gasteiger charge is 2.33. The van der Waals surface area contributed by atoms with Crippen LogP contribution < -0.4 is 68.7 Å². The topological polar surface area (TPSA) is 274 Å². The number of non-ortho nitro benzene ring substituents is 1. The molecule has 0 bridgehead atoms. The number of rotatable bonds is 19. The van der Waals surface area contributed by atoms with Gasteiger partial charge in [0.2, 0.25) is 11.8 Å². The van der Waals surface area contributed by atoms with E-state index in [0.29, 0.717) is 61.8 Å². The summed E-state index contributed by atoms with van der Waals surface area (Å²) in [5, 5.41) is 23.7. The molecule has 13 N–H and O–H groups in total. The number of halogens is 2. The summed E-state index contributed by atoms with van der Waals surface area (Å²) in [4.78, 5) is 76.9. The number of benzene rings is 2. The van der Waals surface area contributed by atoms with Gasteiger partial charge in [-0.25, -0.2) is 0 Å². The number of H-pyrrole nitrogens is 1. The molecule has 0 aliphatic rings. The standard InChI is InChI=1S/C33H47N9O7.2ClH/c1-18(2)26(35)32(46)41-27(19(3)30(36)44)33(47)39-16-7-6-11-21(34)31(45)38-17-9-8-15-37-23-13-14-24(42(48)49)28-25(23)29(43)20-10-4-5-12-22(20)40-28;;/h4-5,10,12-14,18-19,21,26-27,37H,6-9,11,15-17,34-35H2,1-3H3,(H2,36,44)(H,38,45)(H,39,47)(H,40,43)(H,41,46);2*1H/t19?,21-,26-,27+;;/m0../s1. The number of para-hydroxylation sites is 1. The Morgan fingerprint density at radius 1 is 0.882 bits per heavy atom. The number of nitrogens with one attached hydrogen (secondary N) is 5. The van der Waals surface area contributed by atoms with E-state index < -0.39 is 46.7 Å². The second-order valence-corrected chi connectivity index (χ2v) is 12.6. The summed E-state index contributed by atoms with van der Waals surface area (Å²) in [7, 11) is 0. The highest BCUT2D eigenvalue weighted by atomic mass is 35.5. The number of primary amides is 1. The minimum absolute atomic E-state index is 0. The molecular formula is C33H49Cl2N9O7. The molecule has 3 aromatic rings. The maximum absolute atomic E-state index is 13.3. The van der Waals surface area contributed by atoms with Gasteiger partial charge >= 0.3 is 0 Å². The Balaban J connectivity index is 0.00000650. The SMILES string of the molecule is CC(C)[C@H]([NH3+])C(=O)N[C@@H](C(=O)NCCCC[C@H]([NH3+])C(=O)NCCCCNc1ccc([N+](=O)[O-])c2[nH]c3ccccc3c(=O)c12)C(C)C(N)=O.[Cl-].[Cl-]. The van der Waals surface area contributed by atoms with Crippen molar-refractivity contribution in [2.75, 3.05) is 25.0 Å². The lowest BCUT2D eigenvalue weighted by molar-refractivity contribution is -0.414. The van der Waals surface area contributed by atoms with Crippen molar-refractivity contribution in [3.63, 3.8) is 0 Å². The predicted octanol–water partition coefficient (Wildman–Crippen LogP) is -6.32. The Morgan fingerprint density at radius 3 is 2.12 bits per heavy atom. The maximum atomic E-state index is 13.3. The van der Waals surface area contributed by atoms with E-state index >= 15 is 0 Å². The number of hydrogen-bond acceptors (Lipinski definition) is 8. The van der Waals surface area contributed by atoms with Gasteiger partial charge in [0.1, 0.15) is 11.6 Å². The average molecular weight is 755 g/mol. The summed E-state index contributed by atoms with van der Waals surface area (Å²) in [6, 6.07) is 7.56. The first kappa shape index (κ1) is 44.5. The molecule has 2 aromatic carbocycles. The molecule has 0 fully saturated rings. The number of nitro groups is 1. The van der Waals surface area contributed by atoms with Gasteiger partial charge in [0.25, 0.3) is 17.5 Å². The van der Waals surface area contributed by atoms with Crippen LogP contribution in [0.25, 0.3) is 21.8 Å². The fourth-order valence-corrected chi connectivity index (χ4v) is 5.26. The van der Waals surface area contributed by atoms with Crippen LogP contribution in [0.15, 0.2) is 41.2 Å². The fourth-order valence-electron chi connectivity index (χ4n) is 5.26. The van der Waals surface area contributed by atoms with E-state index in [-0.39, 0.29) is 65.2 Å². The number of amides is 4. The van der Waals surface area contributed by atoms with E-state index in [4.69, 9.17) is 5.73 Å². The molecule has 1 heterocycles. The number of carbonyl (C=O) groups is 4. The minimum Gasteiger partial charge on any atom is -1.00 e. The van der Waals surface area contributed by atoms with Gasteiger partial charge in [0.15, 0.2) is 17.5 Å². The van der Waals surface area contributed by atoms with E-state index in [0.717, 1.165) is 0 Å². The van der Waals surface area contributed by atoms with Crippen molar-refractivity contribution in [1.29, 1.82) is 0 Å². The van der Waals surface area contributed by atoms with Gasteiger partial charge in [0.05, 0.1) is 16.2 Å². The number of aromatic amines is 1. The number of pyridine rings is 1. The first-order valence-corrected chi connectivity index (χ1v) is 16.5. The van der Waals surface area contributed by atoms with E-state index in [1.807, 2.05) is 13.8 Å². The van der Waals surface area contributed by atoms with Crippen molar-refractivity contribution in [2.24, 2.45) is 17.6 Å². The van der Waals surface area contributed by atoms with Gasteiger partial charge in [-0.3, -0.25) is 34.1 Å². The van der Waals surface area contributed by atoms with Crippen molar-refractivity contribution >= 4 is 56.8 Å². The van der Waals surface area contributed by atoms with Crippen LogP contribution in [0.1, 0.15) is 52.9 Å². The number of fused-ring (bicyclic) bond motifs is 2. The second-order valence-electron chi connectivity index (χ2n) is 12.6. The number of carbonyl (C=O) groups excluding carboxylic acids is 4. The lowest BCUT2D eigenvalue weighted by atomic mass is 9.98. The first-order valence-electron chi connectivity index (χ1n) is 16.5. The molecular weight excluding hydrogens is 705 g/mol. The Hall–Kier alpha value is -4.51. The number of unbranched alkanes of at least 4 members (excludes halogenated alkanes) is 2. The average Bonchev–Trinajstić information content (AvgIpc) is 3.07. The zero-order chi connectivity index (χ0) is 36.2. The Morgan fingerprint density at radius 2 is 1.49 bits per heavy atom. The van der Waals surface area contributed by atoms with Gasteiger partial charge < -0.3 is 68.3 Å². The lowest BCUT2D eigenvalue weighted by Gasteiger charge is -2.24. The molecule has 282 valence electrons. The molecule has 0 radical (unpaired) electrons. The largest absolute Gasteiger partial charge is 1.00 e. The van der Waals surface area contributed by atoms with Gasteiger partial charge in [-0.15, -0.1) is 0 Å². The predicted molar refractivity (Wildman–Crippen MR) is 185 cm³/mol. The highest BCUT2D eigenvalue weighted by molar-refractivity contribution is 6.03. The van der Waals surface area contributed by atoms with Crippen LogP contribution in [0.5, 0.6) is 0 Å². The van der Waals surface area contributed by atoms with E-state index in [1.165, 1.54) is 19.1 Å². The molecule has 3 rings (SSSR count). The number of quaternary nitrogens is 2. The summed E-state index contributed by atoms with van der Waals surface area (Å²) in [5.74, 6) is -2.83. The third-order valence-corrected chi connectivity index (χ3v) is 8.58. The first-order chi connectivity index (χ1) is 23.2. The molecule has 1 aromatic heterocycles. The zero-order valence-corrected chi connectivity index (χ0v) is 30.6. The van der Waals surface area contributed by atoms with Crippen molar-refractivity contribution in [3.05, 3.63) is 56.7 Å². The molecule has 16 nitrogen and oxygen atoms in total. The summed E-state index contributed by atoms with van der Waals surface area (Å²) in [6.07, 6.45) is 2.97. The number of hydrogen-bond donors (Lipinski definition) is 8. The highest BCUT2D eigenvalue weighted by Crippen LogP contribution is 2.29. The summed E-state index contributed by atoms with van der Waals surface area (Å²) in [5.41, 5.74) is 13.8. The van der Waals surface area contributed by atoms with Crippen molar-refractivity contribution < 1.29 is 60.4 Å². The Bertz CT molecular complexity index is 1740. The minimum atomic E-state index is -1.12. The van der Waals surface area contributed by atoms with Crippen LogP contribution in [0.3, 0.4) is 0 Å². The molecule has 51 heavy (non-hydrogen) atoms. The van der Waals surface area contributed by atoms with Crippen LogP contribution in [-0.2, 0) is 19.2 Å². The third-order valence-electron chi connectivity index (χ3n) is 8.58.